The largest absolute Gasteiger partial charge is 0.327 e. The second kappa shape index (κ2) is 4.47. The molecule has 0 aliphatic heterocycles. The van der Waals surface area contributed by atoms with Crippen LogP contribution in [-0.4, -0.2) is 31.5 Å². The van der Waals surface area contributed by atoms with E-state index in [1.165, 1.54) is 0 Å². The number of aromatic nitrogens is 4. The summed E-state index contributed by atoms with van der Waals surface area (Å²) >= 11 is 5.42. The van der Waals surface area contributed by atoms with Crippen LogP contribution in [-0.2, 0) is 11.8 Å². The highest BCUT2D eigenvalue weighted by Crippen LogP contribution is 2.24. The molecule has 1 N–H and O–H groups in total. The Hall–Kier alpha value is -2.21. The van der Waals surface area contributed by atoms with Crippen LogP contribution in [0.5, 0.6) is 0 Å². The molecule has 0 atom stereocenters. The second-order valence-electron chi connectivity index (χ2n) is 4.07. The van der Waals surface area contributed by atoms with Crippen molar-refractivity contribution in [2.75, 3.05) is 11.2 Å². The molecule has 0 bridgehead atoms. The number of rotatable bonds is 2. The number of halogens is 1. The summed E-state index contributed by atoms with van der Waals surface area (Å²) in [5, 5.41) is 11.5. The Labute approximate surface area is 113 Å². The Morgan fingerprint density at radius 1 is 1.37 bits per heavy atom. The van der Waals surface area contributed by atoms with Gasteiger partial charge in [-0.2, -0.15) is 4.98 Å². The number of nitrogens with zero attached hydrogens (tertiary/aromatic N) is 4. The first-order chi connectivity index (χ1) is 9.20. The monoisotopic (exact) mass is 275 g/mol. The van der Waals surface area contributed by atoms with Crippen LogP contribution in [0.15, 0.2) is 24.3 Å². The van der Waals surface area contributed by atoms with Crippen LogP contribution in [0.4, 0.5) is 5.95 Å². The maximum absolute atomic E-state index is 11.2. The molecule has 0 saturated heterocycles. The highest BCUT2D eigenvalue weighted by molar-refractivity contribution is 6.28. The van der Waals surface area contributed by atoms with E-state index in [1.54, 1.807) is 0 Å². The molecular formula is C12H10ClN5O. The van der Waals surface area contributed by atoms with Crippen LogP contribution < -0.4 is 5.32 Å². The minimum absolute atomic E-state index is 0.142. The summed E-state index contributed by atoms with van der Waals surface area (Å²) in [6, 6.07) is 7.83. The first kappa shape index (κ1) is 11.9. The minimum Gasteiger partial charge on any atom is -0.327 e. The van der Waals surface area contributed by atoms with Crippen LogP contribution in [0.1, 0.15) is 0 Å². The maximum Gasteiger partial charge on any atom is 0.251 e. The Bertz CT molecular complexity index is 782. The molecule has 3 aromatic rings. The highest BCUT2D eigenvalue weighted by Gasteiger charge is 2.12. The average Bonchev–Trinajstić information content (AvgIpc) is 2.73. The number of hydrogen-bond acceptors (Lipinski definition) is 4. The summed E-state index contributed by atoms with van der Waals surface area (Å²) < 4.78 is 1.91. The van der Waals surface area contributed by atoms with E-state index < -0.39 is 0 Å². The van der Waals surface area contributed by atoms with Gasteiger partial charge in [0.15, 0.2) is 5.65 Å². The zero-order chi connectivity index (χ0) is 13.4. The number of fused-ring (bicyclic) bond motifs is 3. The lowest BCUT2D eigenvalue weighted by Crippen LogP contribution is -2.15. The van der Waals surface area contributed by atoms with Crippen molar-refractivity contribution < 1.29 is 4.79 Å². The molecule has 1 amide bonds. The zero-order valence-electron chi connectivity index (χ0n) is 10.1. The molecule has 6 nitrogen and oxygen atoms in total. The van der Waals surface area contributed by atoms with Crippen molar-refractivity contribution in [1.29, 1.82) is 0 Å². The Morgan fingerprint density at radius 2 is 2.16 bits per heavy atom. The van der Waals surface area contributed by atoms with Gasteiger partial charge >= 0.3 is 0 Å². The quantitative estimate of drug-likeness (QED) is 0.723. The number of carbonyl (C=O) groups excluding carboxylic acids is 1. The van der Waals surface area contributed by atoms with E-state index in [9.17, 15) is 4.79 Å². The third-order valence-corrected chi connectivity index (χ3v) is 3.12. The van der Waals surface area contributed by atoms with Crippen molar-refractivity contribution in [3.05, 3.63) is 24.3 Å². The smallest absolute Gasteiger partial charge is 0.251 e. The molecule has 7 heteroatoms. The van der Waals surface area contributed by atoms with Crippen LogP contribution in [0.2, 0.25) is 0 Å². The third kappa shape index (κ3) is 1.90. The molecular weight excluding hydrogens is 266 g/mol. The Balaban J connectivity index is 2.20. The SMILES string of the molecule is Cn1c2ccccc2c2nnc(NC(=O)CCl)nc21. The highest BCUT2D eigenvalue weighted by atomic mass is 35.5. The van der Waals surface area contributed by atoms with Crippen LogP contribution in [0.25, 0.3) is 22.1 Å². The van der Waals surface area contributed by atoms with E-state index in [4.69, 9.17) is 11.6 Å². The minimum atomic E-state index is -0.360. The number of aryl methyl sites for hydroxylation is 1. The van der Waals surface area contributed by atoms with Gasteiger partial charge in [-0.25, -0.2) is 0 Å². The summed E-state index contributed by atoms with van der Waals surface area (Å²) in [5.74, 6) is -0.345. The van der Waals surface area contributed by atoms with Gasteiger partial charge in [0, 0.05) is 12.4 Å². The van der Waals surface area contributed by atoms with Gasteiger partial charge in [0.05, 0.1) is 5.52 Å². The van der Waals surface area contributed by atoms with Crippen LogP contribution in [0.3, 0.4) is 0 Å². The molecule has 2 aromatic heterocycles. The number of carbonyl (C=O) groups is 1. The van der Waals surface area contributed by atoms with E-state index in [-0.39, 0.29) is 17.7 Å². The van der Waals surface area contributed by atoms with Gasteiger partial charge in [0.2, 0.25) is 5.91 Å². The molecule has 3 rings (SSSR count). The lowest BCUT2D eigenvalue weighted by Gasteiger charge is -2.00. The fraction of sp³-hybridized carbons (Fsp3) is 0.167. The van der Waals surface area contributed by atoms with Gasteiger partial charge in [0.1, 0.15) is 11.4 Å². The summed E-state index contributed by atoms with van der Waals surface area (Å²) in [6.07, 6.45) is 0. The van der Waals surface area contributed by atoms with Gasteiger partial charge in [-0.05, 0) is 6.07 Å². The molecule has 96 valence electrons. The lowest BCUT2D eigenvalue weighted by molar-refractivity contribution is -0.114. The van der Waals surface area contributed by atoms with E-state index in [0.717, 1.165) is 10.9 Å². The van der Waals surface area contributed by atoms with Gasteiger partial charge in [-0.15, -0.1) is 21.8 Å². The zero-order valence-corrected chi connectivity index (χ0v) is 10.8. The number of amides is 1. The fourth-order valence-corrected chi connectivity index (χ4v) is 2.08. The predicted octanol–water partition coefficient (Wildman–Crippen LogP) is 1.69. The second-order valence-corrected chi connectivity index (χ2v) is 4.33. The summed E-state index contributed by atoms with van der Waals surface area (Å²) in [4.78, 5) is 15.5. The predicted molar refractivity (Wildman–Crippen MR) is 73.2 cm³/mol. The number of alkyl halides is 1. The van der Waals surface area contributed by atoms with Gasteiger partial charge in [-0.3, -0.25) is 10.1 Å². The van der Waals surface area contributed by atoms with Crippen molar-refractivity contribution in [3.8, 4) is 0 Å². The average molecular weight is 276 g/mol. The van der Waals surface area contributed by atoms with Crippen LogP contribution >= 0.6 is 11.6 Å². The first-order valence-electron chi connectivity index (χ1n) is 5.64. The topological polar surface area (TPSA) is 72.7 Å². The van der Waals surface area contributed by atoms with Crippen molar-refractivity contribution >= 4 is 45.5 Å². The Kier molecular flexibility index (Phi) is 2.79. The van der Waals surface area contributed by atoms with Gasteiger partial charge in [0.25, 0.3) is 5.95 Å². The van der Waals surface area contributed by atoms with Crippen molar-refractivity contribution in [2.45, 2.75) is 0 Å². The molecule has 0 aliphatic rings. The summed E-state index contributed by atoms with van der Waals surface area (Å²) in [5.41, 5.74) is 2.39. The molecule has 0 spiro atoms. The lowest BCUT2D eigenvalue weighted by atomic mass is 10.2. The van der Waals surface area contributed by atoms with E-state index in [1.807, 2.05) is 35.9 Å². The van der Waals surface area contributed by atoms with E-state index in [0.29, 0.717) is 11.2 Å². The number of nitrogens with one attached hydrogen (secondary N) is 1. The standard InChI is InChI=1S/C12H10ClN5O/c1-18-8-5-3-2-4-7(8)10-11(18)15-12(17-16-10)14-9(19)6-13/h2-5H,6H2,1H3,(H,14,15,17,19). The molecule has 0 radical (unpaired) electrons. The normalized spacial score (nSPS) is 11.1. The number of para-hydroxylation sites is 1. The summed E-state index contributed by atoms with van der Waals surface area (Å²) in [6.45, 7) is 0. The molecule has 0 fully saturated rings. The molecule has 2 heterocycles. The molecule has 1 aromatic carbocycles. The maximum atomic E-state index is 11.2. The fourth-order valence-electron chi connectivity index (χ4n) is 2.02. The number of hydrogen-bond donors (Lipinski definition) is 1. The van der Waals surface area contributed by atoms with E-state index >= 15 is 0 Å². The van der Waals surface area contributed by atoms with Crippen LogP contribution in [0, 0.1) is 0 Å². The summed E-state index contributed by atoms with van der Waals surface area (Å²) in [7, 11) is 1.90. The van der Waals surface area contributed by atoms with E-state index in [2.05, 4.69) is 20.5 Å². The Morgan fingerprint density at radius 3 is 2.95 bits per heavy atom. The third-order valence-electron chi connectivity index (χ3n) is 2.88. The van der Waals surface area contributed by atoms with Crippen molar-refractivity contribution in [1.82, 2.24) is 19.7 Å². The number of anilines is 1. The van der Waals surface area contributed by atoms with Crippen molar-refractivity contribution in [2.24, 2.45) is 7.05 Å². The van der Waals surface area contributed by atoms with Gasteiger partial charge in [-0.1, -0.05) is 18.2 Å². The molecule has 0 saturated carbocycles. The molecule has 0 unspecified atom stereocenters. The first-order valence-corrected chi connectivity index (χ1v) is 6.18. The van der Waals surface area contributed by atoms with Gasteiger partial charge < -0.3 is 4.57 Å². The number of benzene rings is 1. The van der Waals surface area contributed by atoms with Crippen molar-refractivity contribution in [3.63, 3.8) is 0 Å². The molecule has 19 heavy (non-hydrogen) atoms. The molecule has 0 aliphatic carbocycles.